The van der Waals surface area contributed by atoms with Gasteiger partial charge in [0.1, 0.15) is 5.00 Å². The lowest BCUT2D eigenvalue weighted by Gasteiger charge is -2.08. The quantitative estimate of drug-likeness (QED) is 0.618. The summed E-state index contributed by atoms with van der Waals surface area (Å²) in [4.78, 5) is 38.0. The molecule has 1 aromatic carbocycles. The first-order valence-corrected chi connectivity index (χ1v) is 9.90. The van der Waals surface area contributed by atoms with E-state index in [2.05, 4.69) is 5.32 Å². The highest BCUT2D eigenvalue weighted by molar-refractivity contribution is 7.16. The fraction of sp³-hybridized carbons (Fsp3) is 0.286. The van der Waals surface area contributed by atoms with Crippen LogP contribution < -0.4 is 5.32 Å². The lowest BCUT2D eigenvalue weighted by atomic mass is 10.1. The third-order valence-electron chi connectivity index (χ3n) is 4.55. The number of fused-ring (bicyclic) bond motifs is 1. The van der Waals surface area contributed by atoms with Crippen LogP contribution in [-0.4, -0.2) is 29.0 Å². The normalized spacial score (nSPS) is 10.8. The first-order chi connectivity index (χ1) is 13.4. The van der Waals surface area contributed by atoms with E-state index in [-0.39, 0.29) is 31.3 Å². The van der Waals surface area contributed by atoms with Crippen LogP contribution in [0.15, 0.2) is 36.5 Å². The predicted molar refractivity (Wildman–Crippen MR) is 110 cm³/mol. The van der Waals surface area contributed by atoms with Crippen LogP contribution in [0.25, 0.3) is 10.9 Å². The number of rotatable bonds is 6. The molecule has 7 heteroatoms. The average molecular weight is 398 g/mol. The van der Waals surface area contributed by atoms with Crippen molar-refractivity contribution in [1.29, 1.82) is 0 Å². The Morgan fingerprint density at radius 3 is 2.61 bits per heavy atom. The number of para-hydroxylation sites is 1. The first-order valence-electron chi connectivity index (χ1n) is 9.08. The molecule has 0 saturated heterocycles. The van der Waals surface area contributed by atoms with Crippen LogP contribution in [-0.2, 0) is 9.53 Å². The maximum atomic E-state index is 12.5. The summed E-state index contributed by atoms with van der Waals surface area (Å²) in [6, 6.07) is 9.46. The van der Waals surface area contributed by atoms with Crippen molar-refractivity contribution in [2.75, 3.05) is 11.9 Å². The lowest BCUT2D eigenvalue weighted by Crippen LogP contribution is -2.17. The van der Waals surface area contributed by atoms with Crippen molar-refractivity contribution >= 4 is 45.0 Å². The standard InChI is InChI=1S/C21H22N2O4S/c1-4-27-21(26)19-13(2)14(3)28-20(19)22-17(24)9-10-18(25)23-12-11-15-7-5-6-8-16(15)23/h5-8,11-12H,4,9-10H2,1-3H3,(H,22,24). The summed E-state index contributed by atoms with van der Waals surface area (Å²) in [7, 11) is 0. The van der Waals surface area contributed by atoms with Crippen LogP contribution in [0.1, 0.15) is 45.4 Å². The van der Waals surface area contributed by atoms with E-state index in [1.165, 1.54) is 11.3 Å². The van der Waals surface area contributed by atoms with Gasteiger partial charge < -0.3 is 10.1 Å². The summed E-state index contributed by atoms with van der Waals surface area (Å²) in [6.07, 6.45) is 1.82. The minimum Gasteiger partial charge on any atom is -0.462 e. The Morgan fingerprint density at radius 2 is 1.86 bits per heavy atom. The molecule has 0 saturated carbocycles. The van der Waals surface area contributed by atoms with Crippen molar-refractivity contribution in [1.82, 2.24) is 4.57 Å². The lowest BCUT2D eigenvalue weighted by molar-refractivity contribution is -0.116. The van der Waals surface area contributed by atoms with E-state index in [0.29, 0.717) is 10.6 Å². The highest BCUT2D eigenvalue weighted by Crippen LogP contribution is 2.33. The van der Waals surface area contributed by atoms with Gasteiger partial charge in [-0.05, 0) is 38.5 Å². The van der Waals surface area contributed by atoms with Crippen molar-refractivity contribution in [2.45, 2.75) is 33.6 Å². The minimum absolute atomic E-state index is 0.0314. The van der Waals surface area contributed by atoms with Gasteiger partial charge in [0.2, 0.25) is 11.8 Å². The Balaban J connectivity index is 1.67. The zero-order valence-corrected chi connectivity index (χ0v) is 16.9. The predicted octanol–water partition coefficient (Wildman–Crippen LogP) is 4.56. The molecule has 6 nitrogen and oxygen atoms in total. The number of esters is 1. The van der Waals surface area contributed by atoms with Crippen molar-refractivity contribution < 1.29 is 19.1 Å². The number of carbonyl (C=O) groups is 3. The fourth-order valence-electron chi connectivity index (χ4n) is 2.99. The molecule has 0 unspecified atom stereocenters. The summed E-state index contributed by atoms with van der Waals surface area (Å²) >= 11 is 1.33. The second-order valence-electron chi connectivity index (χ2n) is 6.39. The molecule has 0 spiro atoms. The molecule has 0 bridgehead atoms. The molecule has 28 heavy (non-hydrogen) atoms. The number of nitrogens with one attached hydrogen (secondary N) is 1. The number of amides is 1. The molecule has 0 aliphatic rings. The van der Waals surface area contributed by atoms with Crippen molar-refractivity contribution in [3.63, 3.8) is 0 Å². The summed E-state index contributed by atoms with van der Waals surface area (Å²) in [6.45, 7) is 5.72. The summed E-state index contributed by atoms with van der Waals surface area (Å²) < 4.78 is 6.65. The maximum Gasteiger partial charge on any atom is 0.341 e. The van der Waals surface area contributed by atoms with Crippen LogP contribution in [0.3, 0.4) is 0 Å². The van der Waals surface area contributed by atoms with Gasteiger partial charge in [0.15, 0.2) is 0 Å². The number of hydrogen-bond acceptors (Lipinski definition) is 5. The van der Waals surface area contributed by atoms with Crippen LogP contribution in [0.2, 0.25) is 0 Å². The number of ether oxygens (including phenoxy) is 1. The van der Waals surface area contributed by atoms with Gasteiger partial charge in [-0.15, -0.1) is 11.3 Å². The molecular formula is C21H22N2O4S. The Kier molecular flexibility index (Phi) is 5.94. The molecule has 3 rings (SSSR count). The summed E-state index contributed by atoms with van der Waals surface area (Å²) in [5.41, 5.74) is 2.01. The maximum absolute atomic E-state index is 12.5. The van der Waals surface area contributed by atoms with Gasteiger partial charge in [-0.1, -0.05) is 18.2 Å². The topological polar surface area (TPSA) is 77.4 Å². The molecule has 0 atom stereocenters. The third-order valence-corrected chi connectivity index (χ3v) is 5.67. The van der Waals surface area contributed by atoms with Gasteiger partial charge >= 0.3 is 5.97 Å². The number of thiophene rings is 1. The third kappa shape index (κ3) is 3.99. The molecule has 3 aromatic rings. The van der Waals surface area contributed by atoms with E-state index >= 15 is 0 Å². The molecule has 1 amide bonds. The zero-order valence-electron chi connectivity index (χ0n) is 16.1. The monoisotopic (exact) mass is 398 g/mol. The highest BCUT2D eigenvalue weighted by Gasteiger charge is 2.22. The van der Waals surface area contributed by atoms with E-state index < -0.39 is 5.97 Å². The van der Waals surface area contributed by atoms with Crippen LogP contribution in [0, 0.1) is 13.8 Å². The van der Waals surface area contributed by atoms with Crippen molar-refractivity contribution in [2.24, 2.45) is 0 Å². The Labute approximate surface area is 167 Å². The van der Waals surface area contributed by atoms with Crippen LogP contribution in [0.4, 0.5) is 5.00 Å². The molecule has 146 valence electrons. The first kappa shape index (κ1) is 19.8. The number of nitrogens with zero attached hydrogens (tertiary/aromatic N) is 1. The second-order valence-corrected chi connectivity index (χ2v) is 7.62. The molecule has 2 aromatic heterocycles. The number of benzene rings is 1. The minimum atomic E-state index is -0.450. The van der Waals surface area contributed by atoms with E-state index in [1.54, 1.807) is 17.7 Å². The smallest absolute Gasteiger partial charge is 0.341 e. The molecule has 2 heterocycles. The average Bonchev–Trinajstić information content (AvgIpc) is 3.21. The highest BCUT2D eigenvalue weighted by atomic mass is 32.1. The molecular weight excluding hydrogens is 376 g/mol. The zero-order chi connectivity index (χ0) is 20.3. The van der Waals surface area contributed by atoms with E-state index in [4.69, 9.17) is 4.74 Å². The molecule has 0 fully saturated rings. The van der Waals surface area contributed by atoms with E-state index in [1.807, 2.05) is 44.2 Å². The number of hydrogen-bond donors (Lipinski definition) is 1. The summed E-state index contributed by atoms with van der Waals surface area (Å²) in [5, 5.41) is 4.21. The van der Waals surface area contributed by atoms with E-state index in [9.17, 15) is 14.4 Å². The number of anilines is 1. The van der Waals surface area contributed by atoms with Gasteiger partial charge in [-0.3, -0.25) is 14.2 Å². The van der Waals surface area contributed by atoms with Gasteiger partial charge in [0.05, 0.1) is 17.7 Å². The van der Waals surface area contributed by atoms with Gasteiger partial charge in [-0.25, -0.2) is 4.79 Å². The van der Waals surface area contributed by atoms with Gasteiger partial charge in [-0.2, -0.15) is 0 Å². The number of carbonyl (C=O) groups excluding carboxylic acids is 3. The Hall–Kier alpha value is -2.93. The van der Waals surface area contributed by atoms with E-state index in [0.717, 1.165) is 21.3 Å². The van der Waals surface area contributed by atoms with Crippen LogP contribution >= 0.6 is 11.3 Å². The largest absolute Gasteiger partial charge is 0.462 e. The number of aromatic nitrogens is 1. The Bertz CT molecular complexity index is 1050. The SMILES string of the molecule is CCOC(=O)c1c(NC(=O)CCC(=O)n2ccc3ccccc32)sc(C)c1C. The summed E-state index contributed by atoms with van der Waals surface area (Å²) in [5.74, 6) is -0.911. The van der Waals surface area contributed by atoms with Crippen LogP contribution in [0.5, 0.6) is 0 Å². The molecule has 0 aliphatic heterocycles. The second kappa shape index (κ2) is 8.39. The number of aryl methyl sites for hydroxylation is 1. The van der Waals surface area contributed by atoms with Crippen molar-refractivity contribution in [3.8, 4) is 0 Å². The fourth-order valence-corrected chi connectivity index (χ4v) is 4.06. The van der Waals surface area contributed by atoms with Gasteiger partial charge in [0, 0.05) is 29.3 Å². The van der Waals surface area contributed by atoms with Gasteiger partial charge in [0.25, 0.3) is 0 Å². The Morgan fingerprint density at radius 1 is 1.11 bits per heavy atom. The van der Waals surface area contributed by atoms with Crippen molar-refractivity contribution in [3.05, 3.63) is 52.5 Å². The molecule has 0 aliphatic carbocycles. The molecule has 1 N–H and O–H groups in total. The molecule has 0 radical (unpaired) electrons.